The number of aryl methyl sites for hydroxylation is 1. The van der Waals surface area contributed by atoms with Crippen LogP contribution in [0.4, 0.5) is 0 Å². The maximum absolute atomic E-state index is 6.49. The standard InChI is InChI=1S/C41H41N5O/c1-7-41(8-2)29(24-44-22-14-13-18-31(44)38-42-39(40(4,5)6)43-46(38)41)37-28-20-21-34-36(27-16-10-12-19-33(27)47-34)35(28)32-23-25(3)26-15-9-11-17-30(26)45(32)37/h9-23,29,37H,7-8,24H2,1-6H3/q+2. The molecule has 0 amide bonds. The summed E-state index contributed by atoms with van der Waals surface area (Å²) in [7, 11) is 0. The summed E-state index contributed by atoms with van der Waals surface area (Å²) in [4.78, 5) is 5.31. The van der Waals surface area contributed by atoms with E-state index in [1.165, 1.54) is 44.1 Å². The molecular formula is C41H41N5O+2. The van der Waals surface area contributed by atoms with Crippen LogP contribution in [0.3, 0.4) is 0 Å². The first kappa shape index (κ1) is 28.4. The first-order valence-electron chi connectivity index (χ1n) is 17.1. The zero-order valence-corrected chi connectivity index (χ0v) is 28.1. The van der Waals surface area contributed by atoms with Gasteiger partial charge in [0.15, 0.2) is 24.6 Å². The largest absolute Gasteiger partial charge is 0.456 e. The molecule has 9 rings (SSSR count). The molecular weight excluding hydrogens is 578 g/mol. The van der Waals surface area contributed by atoms with E-state index in [-0.39, 0.29) is 22.9 Å². The van der Waals surface area contributed by atoms with Crippen molar-refractivity contribution in [3.8, 4) is 22.8 Å². The second kappa shape index (κ2) is 9.83. The molecule has 2 atom stereocenters. The van der Waals surface area contributed by atoms with Crippen molar-refractivity contribution in [1.29, 1.82) is 0 Å². The molecule has 0 aliphatic carbocycles. The summed E-state index contributed by atoms with van der Waals surface area (Å²) in [5.74, 6) is 2.02. The lowest BCUT2D eigenvalue weighted by molar-refractivity contribution is -0.726. The van der Waals surface area contributed by atoms with Gasteiger partial charge in [0.2, 0.25) is 22.7 Å². The first-order chi connectivity index (χ1) is 22.7. The average molecular weight is 620 g/mol. The van der Waals surface area contributed by atoms with Crippen molar-refractivity contribution < 1.29 is 13.6 Å². The zero-order chi connectivity index (χ0) is 32.2. The van der Waals surface area contributed by atoms with Gasteiger partial charge in [-0.15, -0.1) is 0 Å². The molecule has 0 bridgehead atoms. The van der Waals surface area contributed by atoms with Gasteiger partial charge in [0.05, 0.1) is 11.1 Å². The van der Waals surface area contributed by atoms with Gasteiger partial charge >= 0.3 is 0 Å². The molecule has 0 N–H and O–H groups in total. The third-order valence-corrected chi connectivity index (χ3v) is 11.2. The number of benzene rings is 3. The molecule has 2 aliphatic heterocycles. The highest BCUT2D eigenvalue weighted by Crippen LogP contribution is 2.52. The Morgan fingerprint density at radius 3 is 2.40 bits per heavy atom. The Labute approximate surface area is 275 Å². The van der Waals surface area contributed by atoms with Gasteiger partial charge in [0.1, 0.15) is 17.1 Å². The number of hydrogen-bond acceptors (Lipinski definition) is 3. The first-order valence-corrected chi connectivity index (χ1v) is 17.1. The minimum absolute atomic E-state index is 0.0530. The number of para-hydroxylation sites is 2. The third-order valence-electron chi connectivity index (χ3n) is 11.2. The molecule has 2 unspecified atom stereocenters. The minimum atomic E-state index is -0.298. The van der Waals surface area contributed by atoms with E-state index >= 15 is 0 Å². The fourth-order valence-corrected chi connectivity index (χ4v) is 8.83. The lowest BCUT2D eigenvalue weighted by Crippen LogP contribution is -2.56. The normalized spacial score (nSPS) is 18.3. The summed E-state index contributed by atoms with van der Waals surface area (Å²) in [5.41, 5.74) is 8.98. The Kier molecular flexibility index (Phi) is 5.94. The van der Waals surface area contributed by atoms with Gasteiger partial charge in [0, 0.05) is 51.4 Å². The molecule has 7 aromatic rings. The molecule has 6 heteroatoms. The number of aromatic nitrogens is 5. The highest BCUT2D eigenvalue weighted by molar-refractivity contribution is 6.13. The molecule has 3 aromatic carbocycles. The van der Waals surface area contributed by atoms with Crippen LogP contribution in [-0.2, 0) is 17.5 Å². The quantitative estimate of drug-likeness (QED) is 0.186. The Morgan fingerprint density at radius 1 is 0.872 bits per heavy atom. The summed E-state index contributed by atoms with van der Waals surface area (Å²) in [6, 6.07) is 30.9. The Bertz CT molecular complexity index is 2390. The summed E-state index contributed by atoms with van der Waals surface area (Å²) >= 11 is 0. The molecule has 6 heterocycles. The number of fused-ring (bicyclic) bond motifs is 12. The average Bonchev–Trinajstić information content (AvgIpc) is 3.76. The van der Waals surface area contributed by atoms with E-state index in [0.29, 0.717) is 0 Å². The van der Waals surface area contributed by atoms with Gasteiger partial charge in [-0.05, 0) is 55.7 Å². The number of rotatable bonds is 3. The van der Waals surface area contributed by atoms with Crippen molar-refractivity contribution >= 4 is 32.8 Å². The molecule has 0 fully saturated rings. The number of pyridine rings is 2. The van der Waals surface area contributed by atoms with Gasteiger partial charge < -0.3 is 4.42 Å². The van der Waals surface area contributed by atoms with E-state index in [4.69, 9.17) is 14.5 Å². The zero-order valence-electron chi connectivity index (χ0n) is 28.1. The van der Waals surface area contributed by atoms with E-state index in [1.807, 2.05) is 0 Å². The van der Waals surface area contributed by atoms with E-state index in [2.05, 4.69) is 146 Å². The molecule has 2 aliphatic rings. The van der Waals surface area contributed by atoms with Crippen molar-refractivity contribution in [2.24, 2.45) is 5.92 Å². The van der Waals surface area contributed by atoms with Crippen molar-refractivity contribution in [3.05, 3.63) is 108 Å². The van der Waals surface area contributed by atoms with Gasteiger partial charge in [-0.1, -0.05) is 65.0 Å². The van der Waals surface area contributed by atoms with E-state index in [9.17, 15) is 0 Å². The van der Waals surface area contributed by atoms with E-state index in [1.54, 1.807) is 0 Å². The van der Waals surface area contributed by atoms with Crippen LogP contribution in [0.1, 0.15) is 70.5 Å². The van der Waals surface area contributed by atoms with Crippen LogP contribution >= 0.6 is 0 Å². The highest BCUT2D eigenvalue weighted by atomic mass is 16.3. The number of hydrogen-bond donors (Lipinski definition) is 0. The predicted molar refractivity (Wildman–Crippen MR) is 186 cm³/mol. The molecule has 234 valence electrons. The summed E-state index contributed by atoms with van der Waals surface area (Å²) in [5, 5.41) is 9.11. The summed E-state index contributed by atoms with van der Waals surface area (Å²) in [6.45, 7) is 14.4. The van der Waals surface area contributed by atoms with Crippen LogP contribution < -0.4 is 9.13 Å². The third kappa shape index (κ3) is 3.78. The lowest BCUT2D eigenvalue weighted by atomic mass is 9.73. The van der Waals surface area contributed by atoms with E-state index in [0.717, 1.165) is 47.9 Å². The van der Waals surface area contributed by atoms with Crippen LogP contribution in [0, 0.1) is 12.8 Å². The summed E-state index contributed by atoms with van der Waals surface area (Å²) < 4.78 is 13.9. The van der Waals surface area contributed by atoms with E-state index < -0.39 is 0 Å². The molecule has 47 heavy (non-hydrogen) atoms. The Hall–Kier alpha value is -4.84. The van der Waals surface area contributed by atoms with Crippen molar-refractivity contribution in [2.75, 3.05) is 0 Å². The van der Waals surface area contributed by atoms with Crippen molar-refractivity contribution in [1.82, 2.24) is 14.8 Å². The minimum Gasteiger partial charge on any atom is -0.456 e. The molecule has 0 radical (unpaired) electrons. The molecule has 4 aromatic heterocycles. The molecule has 0 saturated heterocycles. The fraction of sp³-hybridized carbons (Fsp3) is 0.317. The maximum atomic E-state index is 6.49. The molecule has 6 nitrogen and oxygen atoms in total. The highest BCUT2D eigenvalue weighted by Gasteiger charge is 2.57. The molecule has 0 spiro atoms. The SMILES string of the molecule is CCC1(CC)C(C2c3ccc4oc5ccccc5c4c3-c3cc(C)c4ccccc4[n+]32)C[n+]2ccccc2-c2nc(C(C)(C)C)nn21. The Morgan fingerprint density at radius 2 is 1.62 bits per heavy atom. The smallest absolute Gasteiger partial charge is 0.250 e. The van der Waals surface area contributed by atoms with Gasteiger partial charge in [0.25, 0.3) is 0 Å². The number of nitrogens with zero attached hydrogens (tertiary/aromatic N) is 5. The second-order valence-electron chi connectivity index (χ2n) is 14.6. The van der Waals surface area contributed by atoms with Crippen LogP contribution in [0.25, 0.3) is 55.6 Å². The van der Waals surface area contributed by atoms with Crippen LogP contribution in [-0.4, -0.2) is 14.8 Å². The van der Waals surface area contributed by atoms with Crippen LogP contribution in [0.2, 0.25) is 0 Å². The van der Waals surface area contributed by atoms with Gasteiger partial charge in [-0.2, -0.15) is 14.2 Å². The molecule has 0 saturated carbocycles. The van der Waals surface area contributed by atoms with Crippen LogP contribution in [0.15, 0.2) is 95.5 Å². The van der Waals surface area contributed by atoms with Gasteiger partial charge in [-0.3, -0.25) is 0 Å². The monoisotopic (exact) mass is 619 g/mol. The van der Waals surface area contributed by atoms with Crippen LogP contribution in [0.5, 0.6) is 0 Å². The van der Waals surface area contributed by atoms with Crippen molar-refractivity contribution in [2.45, 2.75) is 77.9 Å². The van der Waals surface area contributed by atoms with Crippen molar-refractivity contribution in [3.63, 3.8) is 0 Å². The van der Waals surface area contributed by atoms with Gasteiger partial charge in [-0.25, -0.2) is 9.67 Å². The maximum Gasteiger partial charge on any atom is 0.250 e. The fourth-order valence-electron chi connectivity index (χ4n) is 8.83. The number of furan rings is 1. The Balaban J connectivity index is 1.42. The second-order valence-corrected chi connectivity index (χ2v) is 14.6. The topological polar surface area (TPSA) is 51.6 Å². The summed E-state index contributed by atoms with van der Waals surface area (Å²) in [6.07, 6.45) is 4.11. The lowest BCUT2D eigenvalue weighted by Gasteiger charge is -2.38. The predicted octanol–water partition coefficient (Wildman–Crippen LogP) is 8.59.